The Morgan fingerprint density at radius 3 is 2.71 bits per heavy atom. The average Bonchev–Trinajstić information content (AvgIpc) is 2.60. The van der Waals surface area contributed by atoms with E-state index < -0.39 is 0 Å². The van der Waals surface area contributed by atoms with Crippen LogP contribution in [0.2, 0.25) is 0 Å². The van der Waals surface area contributed by atoms with E-state index >= 15 is 0 Å². The van der Waals surface area contributed by atoms with Crippen molar-refractivity contribution in [2.45, 2.75) is 32.7 Å². The van der Waals surface area contributed by atoms with Crippen LogP contribution < -0.4 is 5.73 Å². The first-order chi connectivity index (χ1) is 7.98. The summed E-state index contributed by atoms with van der Waals surface area (Å²) in [4.78, 5) is 4.09. The fourth-order valence-electron chi connectivity index (χ4n) is 1.87. The summed E-state index contributed by atoms with van der Waals surface area (Å²) in [5.41, 5.74) is 7.84. The van der Waals surface area contributed by atoms with E-state index in [1.807, 2.05) is 23.0 Å². The maximum atomic E-state index is 5.87. The minimum atomic E-state index is -0.0736. The second-order valence-corrected chi connectivity index (χ2v) is 5.09. The molecule has 0 aliphatic heterocycles. The predicted octanol–water partition coefficient (Wildman–Crippen LogP) is 1.60. The molecule has 0 aliphatic carbocycles. The van der Waals surface area contributed by atoms with E-state index in [1.54, 1.807) is 6.20 Å². The Hall–Kier alpha value is -1.91. The lowest BCUT2D eigenvalue weighted by Gasteiger charge is -2.20. The summed E-state index contributed by atoms with van der Waals surface area (Å²) in [6, 6.07) is 3.92. The lowest BCUT2D eigenvalue weighted by atomic mass is 9.92. The van der Waals surface area contributed by atoms with Crippen molar-refractivity contribution in [1.82, 2.24) is 20.0 Å². The highest BCUT2D eigenvalue weighted by molar-refractivity contribution is 5.38. The van der Waals surface area contributed by atoms with Crippen molar-refractivity contribution < 1.29 is 0 Å². The fourth-order valence-corrected chi connectivity index (χ4v) is 1.87. The largest absolute Gasteiger partial charge is 0.381 e. The average molecular weight is 231 g/mol. The van der Waals surface area contributed by atoms with Gasteiger partial charge in [0.1, 0.15) is 0 Å². The molecular formula is C12H17N5. The topological polar surface area (TPSA) is 69.6 Å². The second-order valence-electron chi connectivity index (χ2n) is 5.09. The van der Waals surface area contributed by atoms with Gasteiger partial charge in [-0.05, 0) is 11.6 Å². The molecule has 5 heteroatoms. The molecule has 0 spiro atoms. The summed E-state index contributed by atoms with van der Waals surface area (Å²) in [6.07, 6.45) is 3.58. The van der Waals surface area contributed by atoms with Crippen LogP contribution >= 0.6 is 0 Å². The molecule has 0 amide bonds. The molecule has 0 atom stereocenters. The number of nitrogens with zero attached hydrogens (tertiary/aromatic N) is 4. The van der Waals surface area contributed by atoms with Crippen LogP contribution in [0.1, 0.15) is 32.0 Å². The molecule has 2 aromatic heterocycles. The summed E-state index contributed by atoms with van der Waals surface area (Å²) in [6.45, 7) is 6.94. The highest BCUT2D eigenvalue weighted by Crippen LogP contribution is 2.26. The summed E-state index contributed by atoms with van der Waals surface area (Å²) in [5, 5.41) is 8.04. The number of hydrogen-bond acceptors (Lipinski definition) is 4. The molecule has 0 aromatic carbocycles. The van der Waals surface area contributed by atoms with Crippen molar-refractivity contribution in [3.8, 4) is 0 Å². The van der Waals surface area contributed by atoms with Crippen LogP contribution in [-0.4, -0.2) is 20.0 Å². The zero-order valence-electron chi connectivity index (χ0n) is 10.4. The first-order valence-electron chi connectivity index (χ1n) is 5.57. The number of aromatic nitrogens is 4. The molecule has 0 bridgehead atoms. The normalized spacial score (nSPS) is 11.7. The molecule has 0 saturated carbocycles. The van der Waals surface area contributed by atoms with E-state index in [9.17, 15) is 0 Å². The molecule has 2 aromatic rings. The van der Waals surface area contributed by atoms with Crippen molar-refractivity contribution in [2.24, 2.45) is 0 Å². The Bertz CT molecular complexity index is 495. The first-order valence-corrected chi connectivity index (χ1v) is 5.57. The van der Waals surface area contributed by atoms with E-state index in [4.69, 9.17) is 5.73 Å². The minimum absolute atomic E-state index is 0.0736. The SMILES string of the molecule is CC(C)(C)c1c(N)nnn1Cc1cccnc1. The minimum Gasteiger partial charge on any atom is -0.381 e. The molecule has 0 saturated heterocycles. The predicted molar refractivity (Wildman–Crippen MR) is 66.5 cm³/mol. The number of nitrogen functional groups attached to an aromatic ring is 1. The molecule has 5 nitrogen and oxygen atoms in total. The first kappa shape index (κ1) is 11.6. The number of nitrogens with two attached hydrogens (primary N) is 1. The molecule has 90 valence electrons. The fraction of sp³-hybridized carbons (Fsp3) is 0.417. The van der Waals surface area contributed by atoms with Gasteiger partial charge in [0.05, 0.1) is 12.2 Å². The van der Waals surface area contributed by atoms with Gasteiger partial charge >= 0.3 is 0 Å². The molecule has 2 N–H and O–H groups in total. The van der Waals surface area contributed by atoms with Crippen LogP contribution in [-0.2, 0) is 12.0 Å². The maximum absolute atomic E-state index is 5.87. The second kappa shape index (κ2) is 4.16. The van der Waals surface area contributed by atoms with Gasteiger partial charge in [-0.2, -0.15) is 0 Å². The van der Waals surface area contributed by atoms with E-state index in [0.29, 0.717) is 12.4 Å². The Balaban J connectivity index is 2.35. The van der Waals surface area contributed by atoms with Gasteiger partial charge in [0.15, 0.2) is 5.82 Å². The third kappa shape index (κ3) is 2.43. The number of anilines is 1. The Labute approximate surface area is 101 Å². The third-order valence-electron chi connectivity index (χ3n) is 2.53. The third-order valence-corrected chi connectivity index (χ3v) is 2.53. The van der Waals surface area contributed by atoms with Gasteiger partial charge < -0.3 is 5.73 Å². The van der Waals surface area contributed by atoms with Crippen molar-refractivity contribution in [1.29, 1.82) is 0 Å². The lowest BCUT2D eigenvalue weighted by Crippen LogP contribution is -2.20. The zero-order valence-corrected chi connectivity index (χ0v) is 10.4. The van der Waals surface area contributed by atoms with Gasteiger partial charge in [-0.3, -0.25) is 4.98 Å². The van der Waals surface area contributed by atoms with Gasteiger partial charge in [-0.15, -0.1) is 5.10 Å². The molecule has 0 aliphatic rings. The van der Waals surface area contributed by atoms with Crippen molar-refractivity contribution in [3.05, 3.63) is 35.8 Å². The zero-order chi connectivity index (χ0) is 12.5. The van der Waals surface area contributed by atoms with Crippen LogP contribution in [0.25, 0.3) is 0 Å². The van der Waals surface area contributed by atoms with Gasteiger partial charge in [0.2, 0.25) is 0 Å². The van der Waals surface area contributed by atoms with Crippen molar-refractivity contribution >= 4 is 5.82 Å². The van der Waals surface area contributed by atoms with Crippen molar-refractivity contribution in [3.63, 3.8) is 0 Å². The van der Waals surface area contributed by atoms with E-state index in [1.165, 1.54) is 0 Å². The highest BCUT2D eigenvalue weighted by Gasteiger charge is 2.23. The summed E-state index contributed by atoms with van der Waals surface area (Å²) in [7, 11) is 0. The molecule has 0 unspecified atom stereocenters. The van der Waals surface area contributed by atoms with Crippen LogP contribution in [0.3, 0.4) is 0 Å². The molecule has 0 radical (unpaired) electrons. The highest BCUT2D eigenvalue weighted by atomic mass is 15.4. The maximum Gasteiger partial charge on any atom is 0.169 e. The standard InChI is InChI=1S/C12H17N5/c1-12(2,3)10-11(13)15-16-17(10)8-9-5-4-6-14-7-9/h4-7H,8,13H2,1-3H3. The number of rotatable bonds is 2. The Morgan fingerprint density at radius 1 is 1.35 bits per heavy atom. The molecule has 17 heavy (non-hydrogen) atoms. The quantitative estimate of drug-likeness (QED) is 0.852. The smallest absolute Gasteiger partial charge is 0.169 e. The van der Waals surface area contributed by atoms with E-state index in [0.717, 1.165) is 11.3 Å². The van der Waals surface area contributed by atoms with Gasteiger partial charge in [-0.1, -0.05) is 32.1 Å². The molecule has 2 heterocycles. The van der Waals surface area contributed by atoms with Crippen LogP contribution in [0, 0.1) is 0 Å². The molecular weight excluding hydrogens is 214 g/mol. The van der Waals surface area contributed by atoms with Crippen LogP contribution in [0.15, 0.2) is 24.5 Å². The Morgan fingerprint density at radius 2 is 2.12 bits per heavy atom. The summed E-state index contributed by atoms with van der Waals surface area (Å²) >= 11 is 0. The Kier molecular flexibility index (Phi) is 2.83. The van der Waals surface area contributed by atoms with Crippen LogP contribution in [0.5, 0.6) is 0 Å². The van der Waals surface area contributed by atoms with Gasteiger partial charge in [0.25, 0.3) is 0 Å². The van der Waals surface area contributed by atoms with Gasteiger partial charge in [0, 0.05) is 17.8 Å². The van der Waals surface area contributed by atoms with Gasteiger partial charge in [-0.25, -0.2) is 4.68 Å². The number of hydrogen-bond donors (Lipinski definition) is 1. The van der Waals surface area contributed by atoms with Crippen LogP contribution in [0.4, 0.5) is 5.82 Å². The van der Waals surface area contributed by atoms with Crippen molar-refractivity contribution in [2.75, 3.05) is 5.73 Å². The van der Waals surface area contributed by atoms with E-state index in [-0.39, 0.29) is 5.41 Å². The number of pyridine rings is 1. The molecule has 2 rings (SSSR count). The van der Waals surface area contributed by atoms with E-state index in [2.05, 4.69) is 36.1 Å². The molecule has 0 fully saturated rings. The monoisotopic (exact) mass is 231 g/mol. The lowest BCUT2D eigenvalue weighted by molar-refractivity contribution is 0.502. The summed E-state index contributed by atoms with van der Waals surface area (Å²) < 4.78 is 1.84. The summed E-state index contributed by atoms with van der Waals surface area (Å²) in [5.74, 6) is 0.501.